The fourth-order valence-corrected chi connectivity index (χ4v) is 2.49. The van der Waals surface area contributed by atoms with Crippen LogP contribution in [0.1, 0.15) is 15.9 Å². The van der Waals surface area contributed by atoms with Crippen LogP contribution in [0.15, 0.2) is 42.6 Å². The maximum atomic E-state index is 12.7. The van der Waals surface area contributed by atoms with Crippen molar-refractivity contribution in [2.45, 2.75) is 6.54 Å². The lowest BCUT2D eigenvalue weighted by atomic mass is 10.1. The molecule has 5 heteroatoms. The third-order valence-corrected chi connectivity index (χ3v) is 3.68. The highest BCUT2D eigenvalue weighted by Gasteiger charge is 2.25. The Morgan fingerprint density at radius 1 is 1.19 bits per heavy atom. The Labute approximate surface area is 123 Å². The average molecular weight is 283 g/mol. The Bertz CT molecular complexity index is 655. The average Bonchev–Trinajstić information content (AvgIpc) is 2.62. The van der Waals surface area contributed by atoms with Gasteiger partial charge >= 0.3 is 0 Å². The highest BCUT2D eigenvalue weighted by atomic mass is 16.3. The van der Waals surface area contributed by atoms with Crippen molar-refractivity contribution in [3.63, 3.8) is 0 Å². The molecule has 0 saturated carbocycles. The number of hydrogen-bond donors (Lipinski definition) is 1. The molecule has 3 rings (SSSR count). The van der Waals surface area contributed by atoms with Crippen molar-refractivity contribution in [1.29, 1.82) is 0 Å². The second-order valence-electron chi connectivity index (χ2n) is 5.19. The van der Waals surface area contributed by atoms with E-state index in [1.807, 2.05) is 35.0 Å². The summed E-state index contributed by atoms with van der Waals surface area (Å²) < 4.78 is 0. The molecule has 108 valence electrons. The zero-order valence-corrected chi connectivity index (χ0v) is 11.9. The van der Waals surface area contributed by atoms with Gasteiger partial charge in [-0.15, -0.1) is 0 Å². The van der Waals surface area contributed by atoms with Crippen molar-refractivity contribution in [2.24, 2.45) is 0 Å². The van der Waals surface area contributed by atoms with E-state index in [9.17, 15) is 9.90 Å². The van der Waals surface area contributed by atoms with Crippen LogP contribution in [0.5, 0.6) is 5.75 Å². The molecular formula is C16H17N3O2. The summed E-state index contributed by atoms with van der Waals surface area (Å²) in [6, 6.07) is 10.5. The zero-order chi connectivity index (χ0) is 14.8. The lowest BCUT2D eigenvalue weighted by Crippen LogP contribution is -2.33. The van der Waals surface area contributed by atoms with E-state index in [2.05, 4.69) is 4.98 Å². The number of phenols is 1. The van der Waals surface area contributed by atoms with Crippen molar-refractivity contribution in [3.05, 3.63) is 53.7 Å². The first kappa shape index (κ1) is 13.4. The van der Waals surface area contributed by atoms with Gasteiger partial charge in [0.05, 0.1) is 5.56 Å². The first-order valence-corrected chi connectivity index (χ1v) is 6.88. The van der Waals surface area contributed by atoms with Crippen LogP contribution >= 0.6 is 0 Å². The fourth-order valence-electron chi connectivity index (χ4n) is 2.49. The second-order valence-corrected chi connectivity index (χ2v) is 5.19. The maximum absolute atomic E-state index is 12.7. The van der Waals surface area contributed by atoms with Crippen LogP contribution < -0.4 is 4.90 Å². The predicted molar refractivity (Wildman–Crippen MR) is 80.4 cm³/mol. The van der Waals surface area contributed by atoms with E-state index in [0.717, 1.165) is 17.9 Å². The van der Waals surface area contributed by atoms with E-state index in [1.54, 1.807) is 24.4 Å². The molecule has 1 amide bonds. The van der Waals surface area contributed by atoms with Gasteiger partial charge in [-0.2, -0.15) is 0 Å². The van der Waals surface area contributed by atoms with Crippen LogP contribution in [0, 0.1) is 0 Å². The van der Waals surface area contributed by atoms with Gasteiger partial charge < -0.3 is 14.9 Å². The smallest absolute Gasteiger partial charge is 0.257 e. The molecule has 1 N–H and O–H groups in total. The van der Waals surface area contributed by atoms with Gasteiger partial charge in [-0.1, -0.05) is 12.1 Å². The van der Waals surface area contributed by atoms with Gasteiger partial charge in [-0.25, -0.2) is 4.98 Å². The molecule has 0 atom stereocenters. The SMILES string of the molecule is CN1CCN(Cc2ccc(O)cc2)C(=O)c2cccnc21. The summed E-state index contributed by atoms with van der Waals surface area (Å²) in [6.07, 6.45) is 1.71. The number of likely N-dealkylation sites (N-methyl/N-ethyl adjacent to an activating group) is 1. The van der Waals surface area contributed by atoms with Gasteiger partial charge in [0.1, 0.15) is 11.6 Å². The molecule has 0 spiro atoms. The summed E-state index contributed by atoms with van der Waals surface area (Å²) in [4.78, 5) is 20.8. The van der Waals surface area contributed by atoms with E-state index < -0.39 is 0 Å². The topological polar surface area (TPSA) is 56.7 Å². The molecular weight excluding hydrogens is 266 g/mol. The lowest BCUT2D eigenvalue weighted by Gasteiger charge is -2.21. The largest absolute Gasteiger partial charge is 0.508 e. The van der Waals surface area contributed by atoms with Crippen molar-refractivity contribution in [2.75, 3.05) is 25.0 Å². The van der Waals surface area contributed by atoms with Crippen LogP contribution in [0.2, 0.25) is 0 Å². The molecule has 21 heavy (non-hydrogen) atoms. The minimum Gasteiger partial charge on any atom is -0.508 e. The predicted octanol–water partition coefficient (Wildman–Crippen LogP) is 1.88. The molecule has 0 unspecified atom stereocenters. The number of nitrogens with zero attached hydrogens (tertiary/aromatic N) is 3. The summed E-state index contributed by atoms with van der Waals surface area (Å²) in [7, 11) is 1.95. The molecule has 0 fully saturated rings. The van der Waals surface area contributed by atoms with Gasteiger partial charge in [0.25, 0.3) is 5.91 Å². The number of fused-ring (bicyclic) bond motifs is 1. The van der Waals surface area contributed by atoms with E-state index in [1.165, 1.54) is 0 Å². The summed E-state index contributed by atoms with van der Waals surface area (Å²) in [5.74, 6) is 0.960. The normalized spacial score (nSPS) is 14.8. The summed E-state index contributed by atoms with van der Waals surface area (Å²) in [5.41, 5.74) is 1.63. The molecule has 1 aliphatic rings. The molecule has 0 saturated heterocycles. The quantitative estimate of drug-likeness (QED) is 0.914. The lowest BCUT2D eigenvalue weighted by molar-refractivity contribution is 0.0754. The van der Waals surface area contributed by atoms with Crippen molar-refractivity contribution in [3.8, 4) is 5.75 Å². The number of phenolic OH excluding ortho intramolecular Hbond substituents is 1. The molecule has 1 aliphatic heterocycles. The highest BCUT2D eigenvalue weighted by Crippen LogP contribution is 2.22. The molecule has 2 heterocycles. The standard InChI is InChI=1S/C16H17N3O2/c1-18-9-10-19(11-12-4-6-13(20)7-5-12)16(21)14-3-2-8-17-15(14)18/h2-8,20H,9-11H2,1H3. The number of rotatable bonds is 2. The fraction of sp³-hybridized carbons (Fsp3) is 0.250. The highest BCUT2D eigenvalue weighted by molar-refractivity contribution is 5.99. The van der Waals surface area contributed by atoms with Crippen molar-refractivity contribution in [1.82, 2.24) is 9.88 Å². The Morgan fingerprint density at radius 3 is 2.71 bits per heavy atom. The molecule has 1 aromatic heterocycles. The van der Waals surface area contributed by atoms with E-state index in [0.29, 0.717) is 18.7 Å². The van der Waals surface area contributed by atoms with E-state index in [4.69, 9.17) is 0 Å². The first-order valence-electron chi connectivity index (χ1n) is 6.88. The third kappa shape index (κ3) is 2.67. The number of amides is 1. The molecule has 2 aromatic rings. The molecule has 1 aromatic carbocycles. The number of benzene rings is 1. The third-order valence-electron chi connectivity index (χ3n) is 3.68. The van der Waals surface area contributed by atoms with Gasteiger partial charge in [0.2, 0.25) is 0 Å². The van der Waals surface area contributed by atoms with Crippen LogP contribution in [0.4, 0.5) is 5.82 Å². The first-order chi connectivity index (χ1) is 10.1. The van der Waals surface area contributed by atoms with Gasteiger partial charge in [-0.05, 0) is 29.8 Å². The number of hydrogen-bond acceptors (Lipinski definition) is 4. The van der Waals surface area contributed by atoms with Gasteiger partial charge in [-0.3, -0.25) is 4.79 Å². The maximum Gasteiger partial charge on any atom is 0.257 e. The van der Waals surface area contributed by atoms with Crippen molar-refractivity contribution < 1.29 is 9.90 Å². The number of anilines is 1. The summed E-state index contributed by atoms with van der Waals surface area (Å²) in [5, 5.41) is 9.33. The Morgan fingerprint density at radius 2 is 1.95 bits per heavy atom. The van der Waals surface area contributed by atoms with Crippen LogP contribution in [0.25, 0.3) is 0 Å². The number of carbonyl (C=O) groups is 1. The zero-order valence-electron chi connectivity index (χ0n) is 11.9. The van der Waals surface area contributed by atoms with Crippen LogP contribution in [-0.4, -0.2) is 41.0 Å². The van der Waals surface area contributed by atoms with Gasteiger partial charge in [0.15, 0.2) is 0 Å². The van der Waals surface area contributed by atoms with E-state index in [-0.39, 0.29) is 11.7 Å². The van der Waals surface area contributed by atoms with Crippen molar-refractivity contribution >= 4 is 11.7 Å². The Hall–Kier alpha value is -2.56. The molecule has 0 bridgehead atoms. The summed E-state index contributed by atoms with van der Waals surface area (Å²) in [6.45, 7) is 1.92. The number of carbonyl (C=O) groups excluding carboxylic acids is 1. The second kappa shape index (κ2) is 5.44. The molecule has 0 radical (unpaired) electrons. The number of pyridine rings is 1. The van der Waals surface area contributed by atoms with Crippen LogP contribution in [-0.2, 0) is 6.54 Å². The molecule has 5 nitrogen and oxygen atoms in total. The van der Waals surface area contributed by atoms with Crippen LogP contribution in [0.3, 0.4) is 0 Å². The van der Waals surface area contributed by atoms with Gasteiger partial charge in [0, 0.05) is 32.9 Å². The Balaban J connectivity index is 1.87. The monoisotopic (exact) mass is 283 g/mol. The van der Waals surface area contributed by atoms with E-state index >= 15 is 0 Å². The minimum absolute atomic E-state index is 0.00414. The number of aromatic hydroxyl groups is 1. The number of aromatic nitrogens is 1. The Kier molecular flexibility index (Phi) is 3.48. The summed E-state index contributed by atoms with van der Waals surface area (Å²) >= 11 is 0. The minimum atomic E-state index is -0.00414. The molecule has 0 aliphatic carbocycles.